The Morgan fingerprint density at radius 2 is 2.08 bits per heavy atom. The smallest absolute Gasteiger partial charge is 0.317 e. The molecule has 2 nitrogen and oxygen atoms in total. The molecular weight excluding hydrogens is 164 g/mol. The first kappa shape index (κ1) is 8.05. The fourth-order valence-corrected chi connectivity index (χ4v) is 1.65. The van der Waals surface area contributed by atoms with Crippen LogP contribution in [-0.2, 0) is 10.2 Å². The molecule has 0 heterocycles. The number of hydrogen-bond acceptors (Lipinski definition) is 1. The summed E-state index contributed by atoms with van der Waals surface area (Å²) < 4.78 is 0. The van der Waals surface area contributed by atoms with E-state index in [-0.39, 0.29) is 0 Å². The van der Waals surface area contributed by atoms with Gasteiger partial charge >= 0.3 is 5.97 Å². The summed E-state index contributed by atoms with van der Waals surface area (Å²) in [5.41, 5.74) is 1.05. The molecule has 1 atom stereocenters. The Morgan fingerprint density at radius 1 is 1.38 bits per heavy atom. The predicted octanol–water partition coefficient (Wildman–Crippen LogP) is 2.06. The third-order valence-electron chi connectivity index (χ3n) is 2.56. The van der Waals surface area contributed by atoms with Crippen LogP contribution in [0.15, 0.2) is 30.3 Å². The van der Waals surface area contributed by atoms with Gasteiger partial charge in [-0.2, -0.15) is 0 Å². The van der Waals surface area contributed by atoms with Gasteiger partial charge in [0.05, 0.1) is 0 Å². The lowest BCUT2D eigenvalue weighted by atomic mass is 9.85. The van der Waals surface area contributed by atoms with Crippen LogP contribution in [0.1, 0.15) is 18.1 Å². The van der Waals surface area contributed by atoms with E-state index in [0.29, 0.717) is 0 Å². The third-order valence-corrected chi connectivity index (χ3v) is 2.56. The molecule has 0 saturated carbocycles. The Morgan fingerprint density at radius 3 is 2.77 bits per heavy atom. The number of carboxylic acid groups (broad SMARTS) is 1. The van der Waals surface area contributed by atoms with Crippen LogP contribution in [0.3, 0.4) is 0 Å². The van der Waals surface area contributed by atoms with Gasteiger partial charge in [0, 0.05) is 0 Å². The maximum absolute atomic E-state index is 11.0. The molecule has 66 valence electrons. The Balaban J connectivity index is 2.61. The van der Waals surface area contributed by atoms with Gasteiger partial charge in [-0.3, -0.25) is 4.79 Å². The molecule has 0 aromatic heterocycles. The van der Waals surface area contributed by atoms with Crippen molar-refractivity contribution in [2.24, 2.45) is 0 Å². The van der Waals surface area contributed by atoms with E-state index < -0.39 is 11.4 Å². The van der Waals surface area contributed by atoms with Crippen LogP contribution in [-0.4, -0.2) is 11.1 Å². The fraction of sp³-hybridized carbons (Fsp3) is 0.182. The zero-order chi connectivity index (χ0) is 9.47. The molecule has 1 aromatic carbocycles. The second-order valence-corrected chi connectivity index (χ2v) is 3.43. The van der Waals surface area contributed by atoms with Crippen molar-refractivity contribution in [1.82, 2.24) is 0 Å². The van der Waals surface area contributed by atoms with E-state index in [1.165, 1.54) is 0 Å². The van der Waals surface area contributed by atoms with Crippen molar-refractivity contribution in [3.05, 3.63) is 41.5 Å². The summed E-state index contributed by atoms with van der Waals surface area (Å²) in [4.78, 5) is 11.0. The predicted molar refractivity (Wildman–Crippen MR) is 50.5 cm³/mol. The topological polar surface area (TPSA) is 37.3 Å². The quantitative estimate of drug-likeness (QED) is 0.707. The Bertz CT molecular complexity index is 393. The van der Waals surface area contributed by atoms with Crippen LogP contribution in [0.25, 0.3) is 6.08 Å². The maximum Gasteiger partial charge on any atom is 0.317 e. The summed E-state index contributed by atoms with van der Waals surface area (Å²) in [6, 6.07) is 7.58. The van der Waals surface area contributed by atoms with Crippen molar-refractivity contribution in [1.29, 1.82) is 0 Å². The first-order valence-electron chi connectivity index (χ1n) is 4.17. The maximum atomic E-state index is 11.0. The van der Waals surface area contributed by atoms with E-state index in [0.717, 1.165) is 11.1 Å². The van der Waals surface area contributed by atoms with Crippen LogP contribution < -0.4 is 0 Å². The first-order valence-corrected chi connectivity index (χ1v) is 4.17. The van der Waals surface area contributed by atoms with E-state index in [4.69, 9.17) is 5.11 Å². The van der Waals surface area contributed by atoms with Gasteiger partial charge in [-0.1, -0.05) is 36.4 Å². The third kappa shape index (κ3) is 0.985. The van der Waals surface area contributed by atoms with E-state index in [1.54, 1.807) is 13.0 Å². The van der Waals surface area contributed by atoms with Crippen LogP contribution in [0, 0.1) is 0 Å². The number of benzene rings is 1. The van der Waals surface area contributed by atoms with E-state index in [2.05, 4.69) is 0 Å². The minimum atomic E-state index is -0.837. The molecule has 0 radical (unpaired) electrons. The molecule has 0 aliphatic heterocycles. The highest BCUT2D eigenvalue weighted by Gasteiger charge is 2.36. The van der Waals surface area contributed by atoms with Crippen molar-refractivity contribution in [2.75, 3.05) is 0 Å². The second-order valence-electron chi connectivity index (χ2n) is 3.43. The van der Waals surface area contributed by atoms with Gasteiger partial charge in [-0.15, -0.1) is 0 Å². The van der Waals surface area contributed by atoms with Gasteiger partial charge < -0.3 is 5.11 Å². The van der Waals surface area contributed by atoms with E-state index >= 15 is 0 Å². The van der Waals surface area contributed by atoms with E-state index in [9.17, 15) is 4.79 Å². The van der Waals surface area contributed by atoms with Gasteiger partial charge in [0.2, 0.25) is 0 Å². The molecular formula is C11H10O2. The highest BCUT2D eigenvalue weighted by Crippen LogP contribution is 2.35. The van der Waals surface area contributed by atoms with Gasteiger partial charge in [-0.05, 0) is 18.1 Å². The monoisotopic (exact) mass is 174 g/mol. The lowest BCUT2D eigenvalue weighted by Crippen LogP contribution is -2.28. The molecule has 0 amide bonds. The SMILES string of the molecule is CC1(C(=O)O)C=Cc2ccccc21. The van der Waals surface area contributed by atoms with Crippen molar-refractivity contribution in [3.63, 3.8) is 0 Å². The standard InChI is InChI=1S/C11H10O2/c1-11(10(12)13)7-6-8-4-2-3-5-9(8)11/h2-7H,1H3,(H,12,13). The summed E-state index contributed by atoms with van der Waals surface area (Å²) in [7, 11) is 0. The molecule has 1 aliphatic carbocycles. The summed E-state index contributed by atoms with van der Waals surface area (Å²) in [5.74, 6) is -0.798. The number of aliphatic carboxylic acids is 1. The minimum absolute atomic E-state index is 0.798. The van der Waals surface area contributed by atoms with Crippen LogP contribution in [0.4, 0.5) is 0 Å². The average Bonchev–Trinajstić information content (AvgIpc) is 2.47. The van der Waals surface area contributed by atoms with Crippen LogP contribution in [0.5, 0.6) is 0 Å². The van der Waals surface area contributed by atoms with Gasteiger partial charge in [-0.25, -0.2) is 0 Å². The van der Waals surface area contributed by atoms with Gasteiger partial charge in [0.25, 0.3) is 0 Å². The molecule has 13 heavy (non-hydrogen) atoms. The van der Waals surface area contributed by atoms with Gasteiger partial charge in [0.15, 0.2) is 0 Å². The highest BCUT2D eigenvalue weighted by molar-refractivity contribution is 5.89. The zero-order valence-corrected chi connectivity index (χ0v) is 7.32. The molecule has 1 aromatic rings. The van der Waals surface area contributed by atoms with Crippen LogP contribution >= 0.6 is 0 Å². The Kier molecular flexibility index (Phi) is 1.52. The van der Waals surface area contributed by atoms with Crippen LogP contribution in [0.2, 0.25) is 0 Å². The van der Waals surface area contributed by atoms with E-state index in [1.807, 2.05) is 30.3 Å². The lowest BCUT2D eigenvalue weighted by Gasteiger charge is -2.17. The van der Waals surface area contributed by atoms with Crippen molar-refractivity contribution in [3.8, 4) is 0 Å². The molecule has 0 saturated heterocycles. The number of carboxylic acids is 1. The Hall–Kier alpha value is -1.57. The number of hydrogen-bond donors (Lipinski definition) is 1. The summed E-state index contributed by atoms with van der Waals surface area (Å²) in [5, 5.41) is 9.07. The molecule has 1 N–H and O–H groups in total. The van der Waals surface area contributed by atoms with Gasteiger partial charge in [0.1, 0.15) is 5.41 Å². The number of carbonyl (C=O) groups is 1. The average molecular weight is 174 g/mol. The fourth-order valence-electron chi connectivity index (χ4n) is 1.65. The molecule has 1 unspecified atom stereocenters. The summed E-state index contributed by atoms with van der Waals surface area (Å²) >= 11 is 0. The largest absolute Gasteiger partial charge is 0.480 e. The first-order chi connectivity index (χ1) is 6.14. The Labute approximate surface area is 76.5 Å². The van der Waals surface area contributed by atoms with Crippen molar-refractivity contribution >= 4 is 12.0 Å². The molecule has 2 rings (SSSR count). The lowest BCUT2D eigenvalue weighted by molar-refractivity contribution is -0.141. The summed E-state index contributed by atoms with van der Waals surface area (Å²) in [6.45, 7) is 1.72. The second kappa shape index (κ2) is 2.46. The molecule has 0 spiro atoms. The molecule has 2 heteroatoms. The molecule has 0 bridgehead atoms. The minimum Gasteiger partial charge on any atom is -0.480 e. The summed E-state index contributed by atoms with van der Waals surface area (Å²) in [6.07, 6.45) is 3.60. The zero-order valence-electron chi connectivity index (χ0n) is 7.32. The number of fused-ring (bicyclic) bond motifs is 1. The van der Waals surface area contributed by atoms with Crippen molar-refractivity contribution in [2.45, 2.75) is 12.3 Å². The molecule has 0 fully saturated rings. The molecule has 1 aliphatic rings. The normalized spacial score (nSPS) is 24.4. The van der Waals surface area contributed by atoms with Crippen molar-refractivity contribution < 1.29 is 9.90 Å². The highest BCUT2D eigenvalue weighted by atomic mass is 16.4. The number of rotatable bonds is 1.